The monoisotopic (exact) mass is 657 g/mol. The average Bonchev–Trinajstić information content (AvgIpc) is 3.42. The van der Waals surface area contributed by atoms with Gasteiger partial charge in [0.05, 0.1) is 12.6 Å². The van der Waals surface area contributed by atoms with E-state index in [1.165, 1.54) is 38.7 Å². The van der Waals surface area contributed by atoms with Crippen LogP contribution in [-0.4, -0.2) is 11.7 Å². The van der Waals surface area contributed by atoms with E-state index in [0.29, 0.717) is 0 Å². The molecule has 0 saturated carbocycles. The molecule has 0 unspecified atom stereocenters. The Balaban J connectivity index is 0.00000154. The Kier molecular flexibility index (Phi) is 10.1. The van der Waals surface area contributed by atoms with Crippen molar-refractivity contribution in [2.75, 3.05) is 7.11 Å². The maximum absolute atomic E-state index is 6.15. The number of hydrogen-bond donors (Lipinski definition) is 0. The fraction of sp³-hybridized carbons (Fsp3) is 0.200. The molecule has 3 nitrogen and oxygen atoms in total. The van der Waals surface area contributed by atoms with Gasteiger partial charge in [0.25, 0.3) is 0 Å². The van der Waals surface area contributed by atoms with Gasteiger partial charge >= 0.3 is 26.2 Å². The van der Waals surface area contributed by atoms with Crippen LogP contribution in [0.1, 0.15) is 37.7 Å². The number of nitrogens with zero attached hydrogens (tertiary/aromatic N) is 2. The molecule has 1 radical (unpaired) electrons. The second-order valence-corrected chi connectivity index (χ2v) is 11.1. The van der Waals surface area contributed by atoms with E-state index in [4.69, 9.17) is 9.72 Å². The molecular weight excluding hydrogens is 627 g/mol. The van der Waals surface area contributed by atoms with Crippen LogP contribution >= 0.6 is 0 Å². The molecular formula is C35H33Cl2N2OZr. The number of ether oxygens (including phenoxy) is 1. The number of hydrogen-bond acceptors (Lipinski definition) is 1. The fourth-order valence-corrected chi connectivity index (χ4v) is 5.85. The minimum atomic E-state index is -0.108. The molecule has 2 heterocycles. The van der Waals surface area contributed by atoms with Gasteiger partial charge in [-0.1, -0.05) is 107 Å². The molecule has 0 saturated heterocycles. The Morgan fingerprint density at radius 1 is 0.756 bits per heavy atom. The molecule has 0 aliphatic carbocycles. The van der Waals surface area contributed by atoms with E-state index in [1.54, 1.807) is 7.11 Å². The van der Waals surface area contributed by atoms with E-state index < -0.39 is 0 Å². The summed E-state index contributed by atoms with van der Waals surface area (Å²) in [7, 11) is 1.79. The molecule has 0 atom stereocenters. The van der Waals surface area contributed by atoms with Gasteiger partial charge in [0.2, 0.25) is 0 Å². The average molecular weight is 660 g/mol. The van der Waals surface area contributed by atoms with Gasteiger partial charge in [-0.05, 0) is 46.5 Å². The van der Waals surface area contributed by atoms with Crippen LogP contribution in [0.2, 0.25) is 0 Å². The van der Waals surface area contributed by atoms with Gasteiger partial charge in [-0.2, -0.15) is 0 Å². The summed E-state index contributed by atoms with van der Waals surface area (Å²) in [5, 5.41) is 2.37. The molecule has 6 rings (SSSR count). The van der Waals surface area contributed by atoms with E-state index >= 15 is 0 Å². The van der Waals surface area contributed by atoms with E-state index in [9.17, 15) is 0 Å². The second kappa shape index (κ2) is 12.6. The van der Waals surface area contributed by atoms with Gasteiger partial charge in [-0.25, -0.2) is 0 Å². The van der Waals surface area contributed by atoms with Crippen molar-refractivity contribution in [2.45, 2.75) is 40.0 Å². The molecule has 41 heavy (non-hydrogen) atoms. The van der Waals surface area contributed by atoms with Gasteiger partial charge in [0.1, 0.15) is 5.75 Å². The third kappa shape index (κ3) is 5.55. The summed E-state index contributed by atoms with van der Waals surface area (Å²) in [6, 6.07) is 32.3. The summed E-state index contributed by atoms with van der Waals surface area (Å²) < 4.78 is 8.56. The molecule has 0 N–H and O–H groups in total. The summed E-state index contributed by atoms with van der Waals surface area (Å²) in [6.07, 6.45) is 0. The first-order valence-corrected chi connectivity index (χ1v) is 13.2. The summed E-state index contributed by atoms with van der Waals surface area (Å²) in [6.45, 7) is 11.1. The summed E-state index contributed by atoms with van der Waals surface area (Å²) in [5.74, 6) is 0.945. The van der Waals surface area contributed by atoms with E-state index in [0.717, 1.165) is 33.8 Å². The Hall–Kier alpha value is -2.78. The van der Waals surface area contributed by atoms with E-state index in [-0.39, 0.29) is 56.4 Å². The van der Waals surface area contributed by atoms with Crippen LogP contribution in [0.15, 0.2) is 91.0 Å². The Morgan fingerprint density at radius 2 is 1.37 bits per heavy atom. The Morgan fingerprint density at radius 3 is 1.95 bits per heavy atom. The number of fused-ring (bicyclic) bond motifs is 2. The van der Waals surface area contributed by atoms with Crippen LogP contribution in [0.5, 0.6) is 5.75 Å². The maximum Gasteiger partial charge on any atom is 3.00 e. The van der Waals surface area contributed by atoms with E-state index in [1.807, 2.05) is 0 Å². The van der Waals surface area contributed by atoms with Crippen LogP contribution < -0.4 is 34.5 Å². The molecule has 6 aromatic rings. The smallest absolute Gasteiger partial charge is 1.00 e. The van der Waals surface area contributed by atoms with Crippen molar-refractivity contribution in [3.63, 3.8) is 0 Å². The third-order valence-electron chi connectivity index (χ3n) is 7.54. The van der Waals surface area contributed by atoms with Crippen LogP contribution in [0.25, 0.3) is 49.7 Å². The van der Waals surface area contributed by atoms with Crippen molar-refractivity contribution in [3.05, 3.63) is 108 Å². The normalized spacial score (nSPS) is 11.1. The topological polar surface area (TPSA) is 28.3 Å². The van der Waals surface area contributed by atoms with Crippen molar-refractivity contribution in [1.82, 2.24) is 9.55 Å². The van der Waals surface area contributed by atoms with Crippen molar-refractivity contribution in [1.29, 1.82) is 0 Å². The number of aryl methyl sites for hydroxylation is 2. The number of halogens is 2. The summed E-state index contributed by atoms with van der Waals surface area (Å²) in [5.41, 5.74) is 11.3. The van der Waals surface area contributed by atoms with Crippen molar-refractivity contribution in [3.8, 4) is 33.7 Å². The molecule has 0 amide bonds. The van der Waals surface area contributed by atoms with Crippen molar-refractivity contribution < 1.29 is 55.8 Å². The Bertz CT molecular complexity index is 1800. The summed E-state index contributed by atoms with van der Waals surface area (Å²) in [4.78, 5) is 5.04. The Labute approximate surface area is 274 Å². The van der Waals surface area contributed by atoms with Gasteiger partial charge < -0.3 is 39.1 Å². The first kappa shape index (κ1) is 32.7. The molecule has 4 aromatic carbocycles. The van der Waals surface area contributed by atoms with Gasteiger partial charge in [-0.15, -0.1) is 11.2 Å². The number of aromatic nitrogens is 2. The van der Waals surface area contributed by atoms with Crippen molar-refractivity contribution >= 4 is 21.8 Å². The standard InChI is InChI=1S/C35H33N2O.2ClH.Zr/c1-22-20-27-30(21-28(35(3,4)5)34(38-6)31(27)25-16-11-8-12-17-25)37(22)33-23(2)36-29-19-13-18-26(32(29)33)24-14-9-7-10-15-24;;;/h7-21H,1-6H3;2*1H;/q-1;;;+3/p-2. The minimum Gasteiger partial charge on any atom is -1.00 e. The quantitative estimate of drug-likeness (QED) is 0.292. The van der Waals surface area contributed by atoms with Gasteiger partial charge in [-0.3, -0.25) is 0 Å². The van der Waals surface area contributed by atoms with Crippen LogP contribution in [-0.2, 0) is 31.6 Å². The predicted molar refractivity (Wildman–Crippen MR) is 160 cm³/mol. The van der Waals surface area contributed by atoms with E-state index in [2.05, 4.69) is 130 Å². The zero-order valence-electron chi connectivity index (χ0n) is 24.2. The number of benzene rings is 4. The molecule has 0 aliphatic heterocycles. The first-order chi connectivity index (χ1) is 18.3. The van der Waals surface area contributed by atoms with Crippen LogP contribution in [0.3, 0.4) is 0 Å². The zero-order chi connectivity index (χ0) is 26.6. The number of rotatable bonds is 4. The number of methoxy groups -OCH3 is 1. The van der Waals surface area contributed by atoms with Gasteiger partial charge in [0, 0.05) is 27.9 Å². The van der Waals surface area contributed by atoms with Crippen LogP contribution in [0, 0.1) is 13.8 Å². The van der Waals surface area contributed by atoms with Crippen molar-refractivity contribution in [2.24, 2.45) is 0 Å². The molecule has 0 spiro atoms. The molecule has 0 aliphatic rings. The molecule has 6 heteroatoms. The third-order valence-corrected chi connectivity index (χ3v) is 7.54. The molecule has 2 aromatic heterocycles. The fourth-order valence-electron chi connectivity index (χ4n) is 5.85. The largest absolute Gasteiger partial charge is 3.00 e. The second-order valence-electron chi connectivity index (χ2n) is 11.1. The summed E-state index contributed by atoms with van der Waals surface area (Å²) >= 11 is 0. The first-order valence-electron chi connectivity index (χ1n) is 13.2. The van der Waals surface area contributed by atoms with Crippen LogP contribution in [0.4, 0.5) is 0 Å². The maximum atomic E-state index is 6.15. The molecule has 0 bridgehead atoms. The molecule has 0 fully saturated rings. The van der Waals surface area contributed by atoms with Gasteiger partial charge in [0.15, 0.2) is 0 Å². The minimum absolute atomic E-state index is 0. The molecule has 207 valence electrons. The zero-order valence-corrected chi connectivity index (χ0v) is 28.2. The SMILES string of the molecule is COc1c(C(C)(C)C)cc2c(cc(C)n2-c2c(C)[n-]c3cccc(-c4ccccc4)c23)c1-c1ccccc1.[Cl-].[Cl-].[Zr+3]. The predicted octanol–water partition coefficient (Wildman–Crippen LogP) is 3.00.